The van der Waals surface area contributed by atoms with E-state index in [0.717, 1.165) is 17.8 Å². The first-order chi connectivity index (χ1) is 9.56. The van der Waals surface area contributed by atoms with E-state index in [1.807, 2.05) is 31.6 Å². The number of thiophene rings is 1. The average Bonchev–Trinajstić information content (AvgIpc) is 2.94. The predicted octanol–water partition coefficient (Wildman–Crippen LogP) is 1.17. The second-order valence-electron chi connectivity index (χ2n) is 4.97. The van der Waals surface area contributed by atoms with Crippen molar-refractivity contribution in [3.05, 3.63) is 22.4 Å². The number of nitrogens with zero attached hydrogens (tertiary/aromatic N) is 2. The van der Waals surface area contributed by atoms with Crippen LogP contribution in [0.2, 0.25) is 0 Å². The topological polar surface area (TPSA) is 58.8 Å². The minimum Gasteiger partial charge on any atom is -0.383 e. The molecule has 0 aliphatic heterocycles. The number of carbonyl (C=O) groups excluding carboxylic acids is 1. The number of methoxy groups -OCH3 is 1. The van der Waals surface area contributed by atoms with E-state index in [1.54, 1.807) is 12.0 Å². The number of carbonyl (C=O) groups is 1. The fourth-order valence-corrected chi connectivity index (χ4v) is 2.62. The predicted molar refractivity (Wildman–Crippen MR) is 82.9 cm³/mol. The van der Waals surface area contributed by atoms with Gasteiger partial charge in [0.2, 0.25) is 5.91 Å². The molecule has 1 unspecified atom stereocenters. The number of hydrogen-bond donors (Lipinski definition) is 1. The van der Waals surface area contributed by atoms with Gasteiger partial charge in [-0.3, -0.25) is 4.79 Å². The normalized spacial score (nSPS) is 12.7. The molecule has 0 aliphatic carbocycles. The minimum atomic E-state index is -0.564. The van der Waals surface area contributed by atoms with Gasteiger partial charge in [-0.15, -0.1) is 11.3 Å². The van der Waals surface area contributed by atoms with Crippen molar-refractivity contribution in [2.24, 2.45) is 5.73 Å². The number of nitrogens with two attached hydrogens (primary N) is 1. The Morgan fingerprint density at radius 2 is 2.15 bits per heavy atom. The molecule has 0 saturated carbocycles. The van der Waals surface area contributed by atoms with Gasteiger partial charge in [-0.25, -0.2) is 0 Å². The molecule has 6 heteroatoms. The van der Waals surface area contributed by atoms with E-state index in [2.05, 4.69) is 4.90 Å². The first kappa shape index (κ1) is 17.1. The molecule has 1 atom stereocenters. The molecule has 5 nitrogen and oxygen atoms in total. The maximum absolute atomic E-state index is 12.5. The second kappa shape index (κ2) is 9.07. The number of hydrogen-bond acceptors (Lipinski definition) is 5. The molecule has 0 bridgehead atoms. The zero-order chi connectivity index (χ0) is 15.0. The Morgan fingerprint density at radius 1 is 1.40 bits per heavy atom. The van der Waals surface area contributed by atoms with Crippen LogP contribution in [0.1, 0.15) is 17.3 Å². The average molecular weight is 299 g/mol. The van der Waals surface area contributed by atoms with Crippen LogP contribution < -0.4 is 5.73 Å². The summed E-state index contributed by atoms with van der Waals surface area (Å²) in [5, 5.41) is 1.94. The van der Waals surface area contributed by atoms with Crippen LogP contribution in [0.4, 0.5) is 0 Å². The molecule has 0 spiro atoms. The molecule has 20 heavy (non-hydrogen) atoms. The van der Waals surface area contributed by atoms with Gasteiger partial charge in [-0.1, -0.05) is 6.07 Å². The van der Waals surface area contributed by atoms with Crippen LogP contribution in [-0.2, 0) is 9.53 Å². The molecule has 114 valence electrons. The maximum Gasteiger partial charge on any atom is 0.244 e. The van der Waals surface area contributed by atoms with Crippen molar-refractivity contribution < 1.29 is 9.53 Å². The SMILES string of the molecule is COCCN(CCCN(C)C)C(=O)C(N)c1cccs1. The molecular weight excluding hydrogens is 274 g/mol. The summed E-state index contributed by atoms with van der Waals surface area (Å²) in [6.07, 6.45) is 0.930. The van der Waals surface area contributed by atoms with Crippen LogP contribution in [0.5, 0.6) is 0 Å². The van der Waals surface area contributed by atoms with Gasteiger partial charge in [0.25, 0.3) is 0 Å². The highest BCUT2D eigenvalue weighted by atomic mass is 32.1. The smallest absolute Gasteiger partial charge is 0.244 e. The van der Waals surface area contributed by atoms with Crippen molar-refractivity contribution in [3.8, 4) is 0 Å². The highest BCUT2D eigenvalue weighted by molar-refractivity contribution is 7.10. The lowest BCUT2D eigenvalue weighted by atomic mass is 10.2. The Bertz CT molecular complexity index is 382. The summed E-state index contributed by atoms with van der Waals surface area (Å²) in [5.74, 6) is -0.0248. The van der Waals surface area contributed by atoms with Crippen molar-refractivity contribution in [2.75, 3.05) is 47.4 Å². The lowest BCUT2D eigenvalue weighted by Crippen LogP contribution is -2.41. The van der Waals surface area contributed by atoms with Crippen LogP contribution in [0.15, 0.2) is 17.5 Å². The van der Waals surface area contributed by atoms with Crippen molar-refractivity contribution >= 4 is 17.2 Å². The molecule has 0 saturated heterocycles. The largest absolute Gasteiger partial charge is 0.383 e. The molecule has 0 aromatic carbocycles. The Hall–Kier alpha value is -0.950. The van der Waals surface area contributed by atoms with Gasteiger partial charge < -0.3 is 20.3 Å². The van der Waals surface area contributed by atoms with Gasteiger partial charge in [0.05, 0.1) is 6.61 Å². The number of amides is 1. The van der Waals surface area contributed by atoms with E-state index in [0.29, 0.717) is 19.7 Å². The number of ether oxygens (including phenoxy) is 1. The van der Waals surface area contributed by atoms with Crippen LogP contribution in [0.25, 0.3) is 0 Å². The minimum absolute atomic E-state index is 0.0248. The molecule has 1 rings (SSSR count). The lowest BCUT2D eigenvalue weighted by molar-refractivity contribution is -0.133. The summed E-state index contributed by atoms with van der Waals surface area (Å²) in [7, 11) is 5.69. The van der Waals surface area contributed by atoms with E-state index in [4.69, 9.17) is 10.5 Å². The summed E-state index contributed by atoms with van der Waals surface area (Å²) in [6.45, 7) is 2.77. The van der Waals surface area contributed by atoms with E-state index >= 15 is 0 Å². The standard InChI is InChI=1S/C14H25N3O2S/c1-16(2)7-5-8-17(9-10-19-3)14(18)13(15)12-6-4-11-20-12/h4,6,11,13H,5,7-10,15H2,1-3H3. The molecule has 0 radical (unpaired) electrons. The summed E-state index contributed by atoms with van der Waals surface area (Å²) in [4.78, 5) is 17.3. The Balaban J connectivity index is 2.58. The van der Waals surface area contributed by atoms with Crippen LogP contribution >= 0.6 is 11.3 Å². The zero-order valence-electron chi connectivity index (χ0n) is 12.5. The Labute approximate surface area is 125 Å². The van der Waals surface area contributed by atoms with Gasteiger partial charge in [-0.2, -0.15) is 0 Å². The van der Waals surface area contributed by atoms with Gasteiger partial charge in [-0.05, 0) is 38.5 Å². The summed E-state index contributed by atoms with van der Waals surface area (Å²) >= 11 is 1.52. The van der Waals surface area contributed by atoms with Crippen LogP contribution in [-0.4, -0.2) is 63.2 Å². The van der Waals surface area contributed by atoms with Gasteiger partial charge in [0, 0.05) is 25.1 Å². The van der Waals surface area contributed by atoms with Gasteiger partial charge in [0.15, 0.2) is 0 Å². The summed E-state index contributed by atoms with van der Waals surface area (Å²) in [5.41, 5.74) is 6.06. The first-order valence-corrected chi connectivity index (χ1v) is 7.65. The van der Waals surface area contributed by atoms with Crippen molar-refractivity contribution in [3.63, 3.8) is 0 Å². The Kier molecular flexibility index (Phi) is 7.76. The molecule has 1 amide bonds. The monoisotopic (exact) mass is 299 g/mol. The van der Waals surface area contributed by atoms with Crippen LogP contribution in [0.3, 0.4) is 0 Å². The fraction of sp³-hybridized carbons (Fsp3) is 0.643. The highest BCUT2D eigenvalue weighted by Gasteiger charge is 2.22. The summed E-state index contributed by atoms with van der Waals surface area (Å²) in [6, 6.07) is 3.26. The third-order valence-corrected chi connectivity index (χ3v) is 3.98. The lowest BCUT2D eigenvalue weighted by Gasteiger charge is -2.25. The summed E-state index contributed by atoms with van der Waals surface area (Å²) < 4.78 is 5.08. The van der Waals surface area contributed by atoms with E-state index in [1.165, 1.54) is 11.3 Å². The first-order valence-electron chi connectivity index (χ1n) is 6.77. The van der Waals surface area contributed by atoms with Crippen LogP contribution in [0, 0.1) is 0 Å². The molecule has 1 aromatic heterocycles. The van der Waals surface area contributed by atoms with Gasteiger partial charge in [0.1, 0.15) is 6.04 Å². The molecule has 1 aromatic rings. The quantitative estimate of drug-likeness (QED) is 0.744. The van der Waals surface area contributed by atoms with Crippen molar-refractivity contribution in [2.45, 2.75) is 12.5 Å². The third kappa shape index (κ3) is 5.58. The second-order valence-corrected chi connectivity index (χ2v) is 5.95. The van der Waals surface area contributed by atoms with E-state index in [-0.39, 0.29) is 5.91 Å². The molecule has 1 heterocycles. The van der Waals surface area contributed by atoms with Gasteiger partial charge >= 0.3 is 0 Å². The molecule has 0 fully saturated rings. The Morgan fingerprint density at radius 3 is 2.70 bits per heavy atom. The molecule has 2 N–H and O–H groups in total. The molecule has 0 aliphatic rings. The maximum atomic E-state index is 12.5. The third-order valence-electron chi connectivity index (χ3n) is 3.03. The van der Waals surface area contributed by atoms with Crippen molar-refractivity contribution in [1.29, 1.82) is 0 Å². The van der Waals surface area contributed by atoms with Crippen molar-refractivity contribution in [1.82, 2.24) is 9.80 Å². The number of rotatable bonds is 9. The zero-order valence-corrected chi connectivity index (χ0v) is 13.4. The fourth-order valence-electron chi connectivity index (χ4n) is 1.90. The van der Waals surface area contributed by atoms with E-state index < -0.39 is 6.04 Å². The van der Waals surface area contributed by atoms with E-state index in [9.17, 15) is 4.79 Å². The highest BCUT2D eigenvalue weighted by Crippen LogP contribution is 2.18. The molecular formula is C14H25N3O2S.